The van der Waals surface area contributed by atoms with Crippen molar-refractivity contribution in [3.05, 3.63) is 28.3 Å². The van der Waals surface area contributed by atoms with Crippen molar-refractivity contribution < 1.29 is 13.5 Å². The number of fused-ring (bicyclic) bond motifs is 1. The summed E-state index contributed by atoms with van der Waals surface area (Å²) in [5, 5.41) is 14.1. The standard InChI is InChI=1S/C13H16BrN3O.O2S/c1-8-15-7-13-11(14)6-12(17(13)16-8)9-2-4-10(18)5-3-9;1-3-2/h6-7,9-10,18H,2-5H2,1H3;. The Labute approximate surface area is 134 Å². The Morgan fingerprint density at radius 1 is 1.33 bits per heavy atom. The van der Waals surface area contributed by atoms with Gasteiger partial charge in [-0.15, -0.1) is 0 Å². The summed E-state index contributed by atoms with van der Waals surface area (Å²) in [6.07, 6.45) is 5.57. The summed E-state index contributed by atoms with van der Waals surface area (Å²) in [5.74, 6) is 1.27. The maximum atomic E-state index is 9.59. The number of hydrogen-bond donors (Lipinski definition) is 1. The van der Waals surface area contributed by atoms with E-state index in [0.29, 0.717) is 5.92 Å². The van der Waals surface area contributed by atoms with Crippen molar-refractivity contribution >= 4 is 33.0 Å². The van der Waals surface area contributed by atoms with E-state index >= 15 is 0 Å². The summed E-state index contributed by atoms with van der Waals surface area (Å²) < 4.78 is 19.6. The molecule has 6 nitrogen and oxygen atoms in total. The molecule has 0 saturated heterocycles. The topological polar surface area (TPSA) is 84.6 Å². The third-order valence-corrected chi connectivity index (χ3v) is 4.36. The zero-order chi connectivity index (χ0) is 15.4. The fourth-order valence-electron chi connectivity index (χ4n) is 2.72. The zero-order valence-corrected chi connectivity index (χ0v) is 13.9. The molecule has 21 heavy (non-hydrogen) atoms. The number of aryl methyl sites for hydroxylation is 1. The van der Waals surface area contributed by atoms with Crippen LogP contribution in [-0.2, 0) is 11.6 Å². The van der Waals surface area contributed by atoms with Gasteiger partial charge in [0, 0.05) is 16.1 Å². The predicted molar refractivity (Wildman–Crippen MR) is 81.6 cm³/mol. The smallest absolute Gasteiger partial charge is 0.335 e. The van der Waals surface area contributed by atoms with E-state index in [9.17, 15) is 5.11 Å². The molecule has 2 aromatic rings. The van der Waals surface area contributed by atoms with Crippen LogP contribution in [0.15, 0.2) is 16.7 Å². The number of aromatic nitrogens is 3. The molecular formula is C13H16BrN3O3S. The maximum absolute atomic E-state index is 9.59. The molecule has 0 aromatic carbocycles. The molecule has 0 unspecified atom stereocenters. The summed E-state index contributed by atoms with van der Waals surface area (Å²) in [6.45, 7) is 1.90. The van der Waals surface area contributed by atoms with E-state index in [4.69, 9.17) is 8.42 Å². The van der Waals surface area contributed by atoms with Crippen LogP contribution >= 0.6 is 15.9 Å². The molecule has 1 fully saturated rings. The van der Waals surface area contributed by atoms with E-state index in [1.54, 1.807) is 0 Å². The van der Waals surface area contributed by atoms with Crippen LogP contribution < -0.4 is 0 Å². The molecule has 0 amide bonds. The van der Waals surface area contributed by atoms with Crippen molar-refractivity contribution in [1.29, 1.82) is 0 Å². The van der Waals surface area contributed by atoms with Crippen LogP contribution in [-0.4, -0.2) is 34.2 Å². The van der Waals surface area contributed by atoms with Gasteiger partial charge >= 0.3 is 11.6 Å². The molecule has 1 N–H and O–H groups in total. The molecule has 114 valence electrons. The summed E-state index contributed by atoms with van der Waals surface area (Å²) in [4.78, 5) is 4.24. The highest BCUT2D eigenvalue weighted by molar-refractivity contribution is 9.10. The van der Waals surface area contributed by atoms with Crippen molar-refractivity contribution in [2.75, 3.05) is 0 Å². The number of aliphatic hydroxyl groups is 1. The molecule has 0 spiro atoms. The molecule has 8 heteroatoms. The van der Waals surface area contributed by atoms with Crippen LogP contribution in [0.2, 0.25) is 0 Å². The normalized spacial score (nSPS) is 21.7. The number of hydrogen-bond acceptors (Lipinski definition) is 5. The molecule has 0 bridgehead atoms. The summed E-state index contributed by atoms with van der Waals surface area (Å²) in [5.41, 5.74) is 2.25. The second-order valence-electron chi connectivity index (χ2n) is 5.09. The number of nitrogens with zero attached hydrogens (tertiary/aromatic N) is 3. The zero-order valence-electron chi connectivity index (χ0n) is 11.5. The molecule has 0 aliphatic heterocycles. The Morgan fingerprint density at radius 2 is 1.95 bits per heavy atom. The molecule has 2 heterocycles. The lowest BCUT2D eigenvalue weighted by molar-refractivity contribution is 0.121. The molecule has 0 atom stereocenters. The average Bonchev–Trinajstić information content (AvgIpc) is 2.77. The first-order chi connectivity index (χ1) is 10.1. The Hall–Kier alpha value is -1.12. The minimum absolute atomic E-state index is 0.118. The van der Waals surface area contributed by atoms with Gasteiger partial charge in [-0.05, 0) is 54.6 Å². The summed E-state index contributed by atoms with van der Waals surface area (Å²) >= 11 is 2.82. The fraction of sp³-hybridized carbons (Fsp3) is 0.538. The van der Waals surface area contributed by atoms with Gasteiger partial charge in [0.25, 0.3) is 0 Å². The molecule has 1 aliphatic carbocycles. The van der Waals surface area contributed by atoms with Gasteiger partial charge in [-0.25, -0.2) is 9.50 Å². The lowest BCUT2D eigenvalue weighted by atomic mass is 9.85. The third-order valence-electron chi connectivity index (χ3n) is 3.73. The van der Waals surface area contributed by atoms with Gasteiger partial charge in [0.15, 0.2) is 0 Å². The van der Waals surface area contributed by atoms with Crippen LogP contribution in [0.3, 0.4) is 0 Å². The highest BCUT2D eigenvalue weighted by Crippen LogP contribution is 2.35. The Balaban J connectivity index is 0.000000497. The van der Waals surface area contributed by atoms with Gasteiger partial charge in [-0.1, -0.05) is 0 Å². The van der Waals surface area contributed by atoms with Crippen LogP contribution in [0.1, 0.15) is 43.1 Å². The predicted octanol–water partition coefficient (Wildman–Crippen LogP) is 2.15. The first kappa shape index (κ1) is 16.3. The fourth-order valence-corrected chi connectivity index (χ4v) is 3.23. The Morgan fingerprint density at radius 3 is 2.57 bits per heavy atom. The molecule has 3 rings (SSSR count). The maximum Gasteiger partial charge on any atom is 0.335 e. The average molecular weight is 374 g/mol. The highest BCUT2D eigenvalue weighted by atomic mass is 79.9. The van der Waals surface area contributed by atoms with Crippen molar-refractivity contribution in [1.82, 2.24) is 14.6 Å². The van der Waals surface area contributed by atoms with Crippen molar-refractivity contribution in [2.45, 2.75) is 44.6 Å². The van der Waals surface area contributed by atoms with E-state index in [1.165, 1.54) is 5.69 Å². The van der Waals surface area contributed by atoms with Gasteiger partial charge in [0.05, 0.1) is 17.8 Å². The third kappa shape index (κ3) is 3.75. The molecule has 0 radical (unpaired) electrons. The van der Waals surface area contributed by atoms with Gasteiger partial charge in [-0.3, -0.25) is 0 Å². The van der Waals surface area contributed by atoms with E-state index in [0.717, 1.165) is 41.5 Å². The minimum Gasteiger partial charge on any atom is -0.393 e. The lowest BCUT2D eigenvalue weighted by Gasteiger charge is -2.25. The van der Waals surface area contributed by atoms with Crippen LogP contribution in [0, 0.1) is 6.92 Å². The van der Waals surface area contributed by atoms with E-state index < -0.39 is 11.6 Å². The number of halogens is 1. The number of aliphatic hydroxyl groups excluding tert-OH is 1. The SMILES string of the molecule is Cc1ncc2c(Br)cc(C3CCC(O)CC3)n2n1.O=S=O. The van der Waals surface area contributed by atoms with E-state index in [1.807, 2.05) is 17.6 Å². The van der Waals surface area contributed by atoms with Gasteiger partial charge < -0.3 is 5.11 Å². The Bertz CT molecular complexity index is 662. The van der Waals surface area contributed by atoms with Gasteiger partial charge in [-0.2, -0.15) is 13.5 Å². The highest BCUT2D eigenvalue weighted by Gasteiger charge is 2.24. The summed E-state index contributed by atoms with van der Waals surface area (Å²) in [7, 11) is 0. The van der Waals surface area contributed by atoms with Crippen molar-refractivity contribution in [3.8, 4) is 0 Å². The number of rotatable bonds is 1. The molecule has 1 aliphatic rings. The van der Waals surface area contributed by atoms with Gasteiger partial charge in [0.1, 0.15) is 5.82 Å². The van der Waals surface area contributed by atoms with Crippen LogP contribution in [0.25, 0.3) is 5.52 Å². The van der Waals surface area contributed by atoms with Crippen molar-refractivity contribution in [3.63, 3.8) is 0 Å². The lowest BCUT2D eigenvalue weighted by Crippen LogP contribution is -2.18. The molecule has 1 saturated carbocycles. The first-order valence-electron chi connectivity index (χ1n) is 6.67. The van der Waals surface area contributed by atoms with E-state index in [2.05, 4.69) is 32.1 Å². The quantitative estimate of drug-likeness (QED) is 0.827. The second kappa shape index (κ2) is 7.24. The second-order valence-corrected chi connectivity index (χ2v) is 6.08. The monoisotopic (exact) mass is 373 g/mol. The van der Waals surface area contributed by atoms with Gasteiger partial charge in [0.2, 0.25) is 0 Å². The van der Waals surface area contributed by atoms with Crippen LogP contribution in [0.5, 0.6) is 0 Å². The minimum atomic E-state index is -0.750. The molecule has 2 aromatic heterocycles. The van der Waals surface area contributed by atoms with Crippen LogP contribution in [0.4, 0.5) is 0 Å². The first-order valence-corrected chi connectivity index (χ1v) is 8.13. The van der Waals surface area contributed by atoms with E-state index in [-0.39, 0.29) is 6.10 Å². The largest absolute Gasteiger partial charge is 0.393 e. The Kier molecular flexibility index (Phi) is 5.60. The summed E-state index contributed by atoms with van der Waals surface area (Å²) in [6, 6.07) is 2.14. The molecular weight excluding hydrogens is 358 g/mol. The van der Waals surface area contributed by atoms with Crippen molar-refractivity contribution in [2.24, 2.45) is 0 Å².